The molecular formula is C13H28N2. The minimum atomic E-state index is 0.742. The van der Waals surface area contributed by atoms with E-state index < -0.39 is 0 Å². The van der Waals surface area contributed by atoms with Crippen molar-refractivity contribution in [1.82, 2.24) is 4.90 Å². The topological polar surface area (TPSA) is 29.3 Å². The van der Waals surface area contributed by atoms with Gasteiger partial charge in [-0.15, -0.1) is 0 Å². The Labute approximate surface area is 95.2 Å². The van der Waals surface area contributed by atoms with Crippen LogP contribution in [0.1, 0.15) is 58.8 Å². The van der Waals surface area contributed by atoms with E-state index >= 15 is 0 Å². The first-order valence-corrected chi connectivity index (χ1v) is 6.79. The highest BCUT2D eigenvalue weighted by atomic mass is 15.2. The number of hydrogen-bond acceptors (Lipinski definition) is 2. The van der Waals surface area contributed by atoms with Gasteiger partial charge in [0.2, 0.25) is 0 Å². The maximum Gasteiger partial charge on any atom is 0.0108 e. The number of piperidine rings is 1. The average molecular weight is 212 g/mol. The Morgan fingerprint density at radius 1 is 1.33 bits per heavy atom. The molecule has 2 heteroatoms. The van der Waals surface area contributed by atoms with Crippen LogP contribution in [-0.4, -0.2) is 30.1 Å². The largest absolute Gasteiger partial charge is 0.330 e. The van der Waals surface area contributed by atoms with Crippen molar-refractivity contribution in [1.29, 1.82) is 0 Å². The molecule has 0 aromatic rings. The van der Waals surface area contributed by atoms with Crippen LogP contribution >= 0.6 is 0 Å². The third-order valence-electron chi connectivity index (χ3n) is 3.73. The summed E-state index contributed by atoms with van der Waals surface area (Å²) in [6, 6.07) is 1.59. The van der Waals surface area contributed by atoms with E-state index in [4.69, 9.17) is 5.73 Å². The summed E-state index contributed by atoms with van der Waals surface area (Å²) in [6.45, 7) is 6.76. The van der Waals surface area contributed by atoms with Crippen molar-refractivity contribution >= 4 is 0 Å². The second kappa shape index (κ2) is 7.24. The Hall–Kier alpha value is -0.0800. The molecular weight excluding hydrogens is 184 g/mol. The van der Waals surface area contributed by atoms with Gasteiger partial charge in [0, 0.05) is 12.1 Å². The lowest BCUT2D eigenvalue weighted by molar-refractivity contribution is 0.0820. The van der Waals surface area contributed by atoms with Crippen molar-refractivity contribution in [2.24, 2.45) is 5.73 Å². The SMILES string of the molecule is CCCC1CCCCN1C(CC)CCN. The zero-order chi connectivity index (χ0) is 11.1. The van der Waals surface area contributed by atoms with Crippen LogP contribution < -0.4 is 5.73 Å². The molecule has 90 valence electrons. The normalized spacial score (nSPS) is 25.4. The van der Waals surface area contributed by atoms with Gasteiger partial charge in [0.15, 0.2) is 0 Å². The average Bonchev–Trinajstić information content (AvgIpc) is 2.27. The van der Waals surface area contributed by atoms with Gasteiger partial charge in [0.05, 0.1) is 0 Å². The van der Waals surface area contributed by atoms with E-state index in [1.165, 1.54) is 51.5 Å². The van der Waals surface area contributed by atoms with Crippen molar-refractivity contribution < 1.29 is 0 Å². The van der Waals surface area contributed by atoms with Gasteiger partial charge in [-0.1, -0.05) is 26.7 Å². The Kier molecular flexibility index (Phi) is 6.26. The molecule has 15 heavy (non-hydrogen) atoms. The molecule has 0 radical (unpaired) electrons. The van der Waals surface area contributed by atoms with Crippen molar-refractivity contribution in [2.75, 3.05) is 13.1 Å². The third-order valence-corrected chi connectivity index (χ3v) is 3.73. The summed E-state index contributed by atoms with van der Waals surface area (Å²) in [6.07, 6.45) is 9.37. The van der Waals surface area contributed by atoms with E-state index in [1.807, 2.05) is 0 Å². The quantitative estimate of drug-likeness (QED) is 0.733. The second-order valence-corrected chi connectivity index (χ2v) is 4.82. The molecule has 1 rings (SSSR count). The lowest BCUT2D eigenvalue weighted by Crippen LogP contribution is -2.46. The van der Waals surface area contributed by atoms with Gasteiger partial charge in [-0.25, -0.2) is 0 Å². The van der Waals surface area contributed by atoms with Crippen molar-refractivity contribution in [3.63, 3.8) is 0 Å². The minimum absolute atomic E-state index is 0.742. The molecule has 1 heterocycles. The van der Waals surface area contributed by atoms with Gasteiger partial charge in [-0.2, -0.15) is 0 Å². The molecule has 2 N–H and O–H groups in total. The Morgan fingerprint density at radius 2 is 2.13 bits per heavy atom. The molecule has 2 unspecified atom stereocenters. The summed E-state index contributed by atoms with van der Waals surface area (Å²) in [4.78, 5) is 2.75. The molecule has 0 amide bonds. The highest BCUT2D eigenvalue weighted by Crippen LogP contribution is 2.25. The van der Waals surface area contributed by atoms with E-state index in [0.29, 0.717) is 0 Å². The molecule has 0 aromatic carbocycles. The van der Waals surface area contributed by atoms with Crippen LogP contribution in [0.4, 0.5) is 0 Å². The van der Waals surface area contributed by atoms with Crippen molar-refractivity contribution in [3.8, 4) is 0 Å². The highest BCUT2D eigenvalue weighted by molar-refractivity contribution is 4.82. The molecule has 0 saturated carbocycles. The summed E-state index contributed by atoms with van der Waals surface area (Å²) < 4.78 is 0. The first-order chi connectivity index (χ1) is 7.33. The lowest BCUT2D eigenvalue weighted by Gasteiger charge is -2.41. The standard InChI is InChI=1S/C13H28N2/c1-3-7-13-8-5-6-11-15(13)12(4-2)9-10-14/h12-13H,3-11,14H2,1-2H3. The lowest BCUT2D eigenvalue weighted by atomic mass is 9.94. The zero-order valence-corrected chi connectivity index (χ0v) is 10.5. The molecule has 1 saturated heterocycles. The van der Waals surface area contributed by atoms with Gasteiger partial charge < -0.3 is 5.73 Å². The molecule has 0 aromatic heterocycles. The van der Waals surface area contributed by atoms with Crippen LogP contribution in [0.15, 0.2) is 0 Å². The van der Waals surface area contributed by atoms with E-state index in [9.17, 15) is 0 Å². The number of rotatable bonds is 6. The summed E-state index contributed by atoms with van der Waals surface area (Å²) in [7, 11) is 0. The summed E-state index contributed by atoms with van der Waals surface area (Å²) >= 11 is 0. The van der Waals surface area contributed by atoms with E-state index in [1.54, 1.807) is 0 Å². The maximum absolute atomic E-state index is 5.70. The number of nitrogens with zero attached hydrogens (tertiary/aromatic N) is 1. The maximum atomic E-state index is 5.70. The zero-order valence-electron chi connectivity index (χ0n) is 10.5. The first kappa shape index (κ1) is 13.0. The highest BCUT2D eigenvalue weighted by Gasteiger charge is 2.26. The van der Waals surface area contributed by atoms with Crippen molar-refractivity contribution in [2.45, 2.75) is 70.9 Å². The van der Waals surface area contributed by atoms with Crippen LogP contribution in [0.25, 0.3) is 0 Å². The number of nitrogens with two attached hydrogens (primary N) is 1. The second-order valence-electron chi connectivity index (χ2n) is 4.82. The summed E-state index contributed by atoms with van der Waals surface area (Å²) in [5.74, 6) is 0. The van der Waals surface area contributed by atoms with E-state index in [-0.39, 0.29) is 0 Å². The number of hydrogen-bond donors (Lipinski definition) is 1. The molecule has 0 spiro atoms. The molecule has 2 atom stereocenters. The first-order valence-electron chi connectivity index (χ1n) is 6.79. The van der Waals surface area contributed by atoms with Crippen LogP contribution in [0.5, 0.6) is 0 Å². The number of likely N-dealkylation sites (tertiary alicyclic amines) is 1. The Bertz CT molecular complexity index is 148. The van der Waals surface area contributed by atoms with Gasteiger partial charge in [-0.05, 0) is 45.2 Å². The monoisotopic (exact) mass is 212 g/mol. The predicted octanol–water partition coefficient (Wildman–Crippen LogP) is 2.77. The van der Waals surface area contributed by atoms with Gasteiger partial charge in [0.25, 0.3) is 0 Å². The molecule has 1 aliphatic heterocycles. The smallest absolute Gasteiger partial charge is 0.0108 e. The summed E-state index contributed by atoms with van der Waals surface area (Å²) in [5.41, 5.74) is 5.70. The third kappa shape index (κ3) is 3.76. The molecule has 0 bridgehead atoms. The molecule has 1 aliphatic rings. The van der Waals surface area contributed by atoms with Crippen LogP contribution in [-0.2, 0) is 0 Å². The molecule has 0 aliphatic carbocycles. The van der Waals surface area contributed by atoms with Crippen LogP contribution in [0, 0.1) is 0 Å². The summed E-state index contributed by atoms with van der Waals surface area (Å²) in [5, 5.41) is 0. The van der Waals surface area contributed by atoms with Crippen LogP contribution in [0.3, 0.4) is 0 Å². The Balaban J connectivity index is 2.52. The molecule has 1 fully saturated rings. The molecule has 2 nitrogen and oxygen atoms in total. The fourth-order valence-electron chi connectivity index (χ4n) is 2.94. The van der Waals surface area contributed by atoms with Gasteiger partial charge in [0.1, 0.15) is 0 Å². The predicted molar refractivity (Wildman–Crippen MR) is 67.0 cm³/mol. The van der Waals surface area contributed by atoms with Crippen LogP contribution in [0.2, 0.25) is 0 Å². The van der Waals surface area contributed by atoms with E-state index in [0.717, 1.165) is 18.6 Å². The fraction of sp³-hybridized carbons (Fsp3) is 1.00. The van der Waals surface area contributed by atoms with E-state index in [2.05, 4.69) is 18.7 Å². The Morgan fingerprint density at radius 3 is 2.73 bits per heavy atom. The minimum Gasteiger partial charge on any atom is -0.330 e. The van der Waals surface area contributed by atoms with Gasteiger partial charge >= 0.3 is 0 Å². The van der Waals surface area contributed by atoms with Crippen molar-refractivity contribution in [3.05, 3.63) is 0 Å². The van der Waals surface area contributed by atoms with Gasteiger partial charge in [-0.3, -0.25) is 4.90 Å². The fourth-order valence-corrected chi connectivity index (χ4v) is 2.94.